The smallest absolute Gasteiger partial charge is 0.335 e. The first-order valence-electron chi connectivity index (χ1n) is 10.6. The second-order valence-corrected chi connectivity index (χ2v) is 9.85. The molecule has 0 aliphatic heterocycles. The molecule has 0 saturated heterocycles. The second-order valence-electron chi connectivity index (χ2n) is 9.85. The summed E-state index contributed by atoms with van der Waals surface area (Å²) in [5, 5.41) is 0. The van der Waals surface area contributed by atoms with Crippen molar-refractivity contribution in [1.82, 2.24) is 0 Å². The molecule has 0 spiro atoms. The Hall–Kier alpha value is -1.31. The molecule has 1 heterocycles. The first-order chi connectivity index (χ1) is 12.5. The molecule has 5 rings (SSSR count). The van der Waals surface area contributed by atoms with Gasteiger partial charge < -0.3 is 4.42 Å². The molecule has 139 valence electrons. The number of allylic oxidation sites excluding steroid dienone is 2. The van der Waals surface area contributed by atoms with Crippen LogP contribution in [0.3, 0.4) is 0 Å². The highest BCUT2D eigenvalue weighted by Gasteiger charge is 2.56. The van der Waals surface area contributed by atoms with Crippen LogP contribution in [0.25, 0.3) is 0 Å². The molecule has 4 aliphatic carbocycles. The number of hydrogen-bond acceptors (Lipinski definition) is 2. The van der Waals surface area contributed by atoms with Crippen LogP contribution in [-0.2, 0) is 0 Å². The summed E-state index contributed by atoms with van der Waals surface area (Å²) >= 11 is 0. The Labute approximate surface area is 157 Å². The van der Waals surface area contributed by atoms with Crippen molar-refractivity contribution in [2.24, 2.45) is 28.6 Å². The molecule has 2 nitrogen and oxygen atoms in total. The zero-order chi connectivity index (χ0) is 17.9. The van der Waals surface area contributed by atoms with Gasteiger partial charge in [0, 0.05) is 6.07 Å². The van der Waals surface area contributed by atoms with E-state index in [0.717, 1.165) is 24.2 Å². The van der Waals surface area contributed by atoms with Gasteiger partial charge in [-0.3, -0.25) is 0 Å². The van der Waals surface area contributed by atoms with E-state index in [1.165, 1.54) is 50.5 Å². The summed E-state index contributed by atoms with van der Waals surface area (Å²) in [5.41, 5.74) is 3.53. The predicted octanol–water partition coefficient (Wildman–Crippen LogP) is 5.89. The van der Waals surface area contributed by atoms with Crippen LogP contribution in [0.4, 0.5) is 0 Å². The predicted molar refractivity (Wildman–Crippen MR) is 104 cm³/mol. The van der Waals surface area contributed by atoms with Crippen LogP contribution in [0.2, 0.25) is 0 Å². The third-order valence-electron chi connectivity index (χ3n) is 8.93. The van der Waals surface area contributed by atoms with Crippen LogP contribution >= 0.6 is 0 Å². The second kappa shape index (κ2) is 5.84. The van der Waals surface area contributed by atoms with Crippen molar-refractivity contribution in [3.8, 4) is 0 Å². The first-order valence-corrected chi connectivity index (χ1v) is 10.6. The largest absolute Gasteiger partial charge is 0.431 e. The van der Waals surface area contributed by atoms with Crippen molar-refractivity contribution in [2.75, 3.05) is 0 Å². The van der Waals surface area contributed by atoms with E-state index in [9.17, 15) is 4.79 Å². The molecule has 0 N–H and O–H groups in total. The van der Waals surface area contributed by atoms with E-state index < -0.39 is 0 Å². The van der Waals surface area contributed by atoms with Crippen molar-refractivity contribution in [1.29, 1.82) is 0 Å². The van der Waals surface area contributed by atoms with E-state index in [2.05, 4.69) is 26.3 Å². The summed E-state index contributed by atoms with van der Waals surface area (Å²) in [6.45, 7) is 5.10. The Morgan fingerprint density at radius 1 is 1.08 bits per heavy atom. The lowest BCUT2D eigenvalue weighted by atomic mass is 9.46. The lowest BCUT2D eigenvalue weighted by Crippen LogP contribution is -2.50. The van der Waals surface area contributed by atoms with Crippen LogP contribution < -0.4 is 5.63 Å². The molecule has 3 fully saturated rings. The van der Waals surface area contributed by atoms with E-state index in [4.69, 9.17) is 4.42 Å². The Bertz CT molecular complexity index is 769. The Morgan fingerprint density at radius 3 is 2.77 bits per heavy atom. The minimum absolute atomic E-state index is 0.242. The molecule has 0 bridgehead atoms. The first kappa shape index (κ1) is 16.8. The van der Waals surface area contributed by atoms with Crippen molar-refractivity contribution >= 4 is 0 Å². The monoisotopic (exact) mass is 351 g/mol. The summed E-state index contributed by atoms with van der Waals surface area (Å²) in [6.07, 6.45) is 17.5. The lowest BCUT2D eigenvalue weighted by Gasteiger charge is -2.59. The van der Waals surface area contributed by atoms with Gasteiger partial charge in [0.2, 0.25) is 0 Å². The van der Waals surface area contributed by atoms with E-state index in [0.29, 0.717) is 11.3 Å². The van der Waals surface area contributed by atoms with Gasteiger partial charge in [-0.25, -0.2) is 4.79 Å². The van der Waals surface area contributed by atoms with E-state index >= 15 is 0 Å². The molecular formula is C24H31O2. The number of hydrogen-bond donors (Lipinski definition) is 0. The standard InChI is InChI=1S/C24H31O2/c1-23-13-4-3-5-17(23)7-8-18-20-10-9-19(16-6-11-22(25)26-15-16)24(20,2)14-12-21(18)23/h3,6,10-11,15,17-19,21H,4-5,7-9,12-14H2,1-2H3. The Balaban J connectivity index is 1.46. The molecule has 6 atom stereocenters. The van der Waals surface area contributed by atoms with Gasteiger partial charge >= 0.3 is 5.63 Å². The van der Waals surface area contributed by atoms with Crippen LogP contribution in [0, 0.1) is 35.0 Å². The minimum Gasteiger partial charge on any atom is -0.431 e. The third kappa shape index (κ3) is 2.26. The minimum atomic E-state index is -0.242. The fraction of sp³-hybridized carbons (Fsp3) is 0.667. The zero-order valence-electron chi connectivity index (χ0n) is 16.2. The normalized spacial score (nSPS) is 44.6. The molecule has 0 amide bonds. The lowest BCUT2D eigenvalue weighted by molar-refractivity contribution is -0.0434. The Kier molecular flexibility index (Phi) is 3.78. The molecule has 1 radical (unpaired) electrons. The maximum atomic E-state index is 11.4. The van der Waals surface area contributed by atoms with Crippen molar-refractivity contribution in [3.05, 3.63) is 52.4 Å². The summed E-state index contributed by atoms with van der Waals surface area (Å²) in [7, 11) is 0. The average Bonchev–Trinajstić information content (AvgIpc) is 2.99. The van der Waals surface area contributed by atoms with Crippen molar-refractivity contribution in [2.45, 2.75) is 71.1 Å². The molecule has 2 heteroatoms. The zero-order valence-corrected chi connectivity index (χ0v) is 16.2. The van der Waals surface area contributed by atoms with Gasteiger partial charge in [0.25, 0.3) is 0 Å². The Morgan fingerprint density at radius 2 is 1.96 bits per heavy atom. The van der Waals surface area contributed by atoms with Gasteiger partial charge in [0.1, 0.15) is 0 Å². The third-order valence-corrected chi connectivity index (χ3v) is 8.93. The maximum absolute atomic E-state index is 11.4. The summed E-state index contributed by atoms with van der Waals surface area (Å²) in [4.78, 5) is 11.4. The highest BCUT2D eigenvalue weighted by molar-refractivity contribution is 5.36. The molecule has 3 saturated carbocycles. The molecule has 1 aromatic heterocycles. The molecular weight excluding hydrogens is 320 g/mol. The molecule has 26 heavy (non-hydrogen) atoms. The van der Waals surface area contributed by atoms with Gasteiger partial charge in [0.05, 0.1) is 6.26 Å². The van der Waals surface area contributed by atoms with Crippen LogP contribution in [-0.4, -0.2) is 0 Å². The van der Waals surface area contributed by atoms with Crippen molar-refractivity contribution < 1.29 is 4.42 Å². The number of fused-ring (bicyclic) bond motifs is 5. The molecule has 4 aliphatic rings. The van der Waals surface area contributed by atoms with Gasteiger partial charge in [-0.1, -0.05) is 25.5 Å². The van der Waals surface area contributed by atoms with E-state index in [1.54, 1.807) is 17.9 Å². The summed E-state index contributed by atoms with van der Waals surface area (Å²) in [6, 6.07) is 3.59. The van der Waals surface area contributed by atoms with Crippen LogP contribution in [0.1, 0.15) is 76.7 Å². The van der Waals surface area contributed by atoms with Gasteiger partial charge in [-0.2, -0.15) is 0 Å². The number of rotatable bonds is 1. The highest BCUT2D eigenvalue weighted by atomic mass is 16.4. The summed E-state index contributed by atoms with van der Waals surface area (Å²) < 4.78 is 5.21. The topological polar surface area (TPSA) is 30.2 Å². The maximum Gasteiger partial charge on any atom is 0.335 e. The fourth-order valence-corrected chi connectivity index (χ4v) is 7.45. The summed E-state index contributed by atoms with van der Waals surface area (Å²) in [5.74, 6) is 3.06. The van der Waals surface area contributed by atoms with Gasteiger partial charge in [-0.15, -0.1) is 0 Å². The van der Waals surface area contributed by atoms with Crippen LogP contribution in [0.5, 0.6) is 0 Å². The average molecular weight is 352 g/mol. The van der Waals surface area contributed by atoms with Crippen molar-refractivity contribution in [3.63, 3.8) is 0 Å². The van der Waals surface area contributed by atoms with Gasteiger partial charge in [-0.05, 0) is 104 Å². The fourth-order valence-electron chi connectivity index (χ4n) is 7.45. The van der Waals surface area contributed by atoms with E-state index in [-0.39, 0.29) is 11.0 Å². The SMILES string of the molecule is CC12CCC3C(CCC4C[CH]CCC43C)C1=CCC2c1ccc(=O)oc1. The quantitative estimate of drug-likeness (QED) is 0.590. The van der Waals surface area contributed by atoms with Gasteiger partial charge in [0.15, 0.2) is 0 Å². The highest BCUT2D eigenvalue weighted by Crippen LogP contribution is 2.67. The molecule has 6 unspecified atom stereocenters. The van der Waals surface area contributed by atoms with E-state index in [1.807, 2.05) is 6.07 Å². The molecule has 1 aromatic rings. The molecule has 0 aromatic carbocycles. The van der Waals surface area contributed by atoms with Crippen LogP contribution in [0.15, 0.2) is 39.3 Å².